The van der Waals surface area contributed by atoms with Gasteiger partial charge in [0.2, 0.25) is 0 Å². The molecule has 0 fully saturated rings. The monoisotopic (exact) mass is 618 g/mol. The smallest absolute Gasteiger partial charge is 0.325 e. The Balaban J connectivity index is 0.00000196. The zero-order valence-corrected chi connectivity index (χ0v) is 26.8. The van der Waals surface area contributed by atoms with Crippen LogP contribution in [0.3, 0.4) is 0 Å². The quantitative estimate of drug-likeness (QED) is 0.0771. The molecule has 7 nitrogen and oxygen atoms in total. The number of amides is 1. The summed E-state index contributed by atoms with van der Waals surface area (Å²) in [5.74, 6) is 0.468. The molecule has 1 unspecified atom stereocenters. The van der Waals surface area contributed by atoms with Gasteiger partial charge in [-0.15, -0.1) is 28.4 Å². The van der Waals surface area contributed by atoms with Gasteiger partial charge in [0.25, 0.3) is 5.91 Å². The minimum absolute atomic E-state index is 0.0820. The van der Waals surface area contributed by atoms with Crippen molar-refractivity contribution in [3.8, 4) is 5.69 Å². The van der Waals surface area contributed by atoms with E-state index in [4.69, 9.17) is 23.2 Å². The lowest BCUT2D eigenvalue weighted by Gasteiger charge is -2.19. The van der Waals surface area contributed by atoms with Gasteiger partial charge in [-0.25, -0.2) is 0 Å². The number of aryl methyl sites for hydroxylation is 1. The van der Waals surface area contributed by atoms with E-state index in [-0.39, 0.29) is 17.7 Å². The number of hydrogen-bond acceptors (Lipinski definition) is 6. The minimum Gasteiger partial charge on any atom is -0.468 e. The number of esters is 1. The van der Waals surface area contributed by atoms with Gasteiger partial charge in [-0.1, -0.05) is 79.7 Å². The molecule has 1 aromatic carbocycles. The second kappa shape index (κ2) is 19.9. The summed E-state index contributed by atoms with van der Waals surface area (Å²) in [6.45, 7) is 15.6. The van der Waals surface area contributed by atoms with Crippen LogP contribution in [0, 0.1) is 0 Å². The largest absolute Gasteiger partial charge is 0.468 e. The van der Waals surface area contributed by atoms with E-state index in [0.717, 1.165) is 41.9 Å². The summed E-state index contributed by atoms with van der Waals surface area (Å²) >= 11 is 12.8. The second-order valence-corrected chi connectivity index (χ2v) is 10.5. The maximum Gasteiger partial charge on any atom is 0.325 e. The molecule has 222 valence electrons. The van der Waals surface area contributed by atoms with Gasteiger partial charge in [0.1, 0.15) is 12.4 Å². The van der Waals surface area contributed by atoms with Crippen LogP contribution in [0.5, 0.6) is 0 Å². The normalized spacial score (nSPS) is 12.4. The Labute approximate surface area is 258 Å². The van der Waals surface area contributed by atoms with Crippen LogP contribution in [0.1, 0.15) is 56.7 Å². The van der Waals surface area contributed by atoms with Crippen LogP contribution in [0.15, 0.2) is 89.1 Å². The standard InChI is InChI=1S/C28H35ClN4O3S.C3H5Cl/c1-7-11-19(4)26(20(5)15-16-22(29)9-3)37-28-32-31-24(12-8-2)33(28)23-14-10-13-21(17-23)27(35)30-18-25(34)36-6;1-2-3-4/h9-11,13-17,26H,5,7-8,12,18H2,1-4,6H3,(H,30,35);2H,1,3H2/b16-15-,19-11+,22-9+;. The number of thioether (sulfide) groups is 1. The fourth-order valence-corrected chi connectivity index (χ4v) is 4.69. The molecule has 2 aromatic rings. The second-order valence-electron chi connectivity index (χ2n) is 8.67. The fraction of sp³-hybridized carbons (Fsp3) is 0.355. The summed E-state index contributed by atoms with van der Waals surface area (Å²) in [4.78, 5) is 24.1. The SMILES string of the molecule is C=C(/C=C\C(Cl)=C/C)C(Sc1nnc(CCC)n1-c1cccc(C(=O)NCC(=O)OC)c1)/C(C)=C/CC.C=CCCl. The molecule has 0 bridgehead atoms. The van der Waals surface area contributed by atoms with E-state index in [1.165, 1.54) is 7.11 Å². The van der Waals surface area contributed by atoms with Crippen LogP contribution in [0.2, 0.25) is 0 Å². The molecule has 0 saturated heterocycles. The minimum atomic E-state index is -0.515. The number of methoxy groups -OCH3 is 1. The van der Waals surface area contributed by atoms with E-state index in [9.17, 15) is 9.59 Å². The maximum absolute atomic E-state index is 12.7. The van der Waals surface area contributed by atoms with Crippen molar-refractivity contribution < 1.29 is 14.3 Å². The molecule has 0 aliphatic carbocycles. The maximum atomic E-state index is 12.7. The van der Waals surface area contributed by atoms with E-state index in [2.05, 4.69) is 60.3 Å². The lowest BCUT2D eigenvalue weighted by Crippen LogP contribution is -2.30. The van der Waals surface area contributed by atoms with Gasteiger partial charge in [-0.2, -0.15) is 0 Å². The molecule has 1 atom stereocenters. The summed E-state index contributed by atoms with van der Waals surface area (Å²) in [7, 11) is 1.28. The van der Waals surface area contributed by atoms with Crippen LogP contribution >= 0.6 is 35.0 Å². The fourth-order valence-electron chi connectivity index (χ4n) is 3.50. The van der Waals surface area contributed by atoms with Crippen LogP contribution in [0.4, 0.5) is 0 Å². The number of carbonyl (C=O) groups is 2. The van der Waals surface area contributed by atoms with Crippen molar-refractivity contribution in [2.75, 3.05) is 19.5 Å². The number of nitrogens with zero attached hydrogens (tertiary/aromatic N) is 3. The number of hydrogen-bond donors (Lipinski definition) is 1. The Morgan fingerprint density at radius 2 is 1.95 bits per heavy atom. The van der Waals surface area contributed by atoms with E-state index >= 15 is 0 Å². The molecule has 10 heteroatoms. The highest BCUT2D eigenvalue weighted by Gasteiger charge is 2.22. The van der Waals surface area contributed by atoms with Crippen molar-refractivity contribution in [2.24, 2.45) is 0 Å². The zero-order valence-electron chi connectivity index (χ0n) is 24.5. The number of alkyl halides is 1. The number of rotatable bonds is 14. The third kappa shape index (κ3) is 12.1. The van der Waals surface area contributed by atoms with Crippen molar-refractivity contribution in [1.82, 2.24) is 20.1 Å². The first kappa shape index (κ1) is 36.0. The van der Waals surface area contributed by atoms with Gasteiger partial charge in [0.15, 0.2) is 5.16 Å². The highest BCUT2D eigenvalue weighted by Crippen LogP contribution is 2.34. The summed E-state index contributed by atoms with van der Waals surface area (Å²) in [6.07, 6.45) is 11.9. The lowest BCUT2D eigenvalue weighted by molar-refractivity contribution is -0.139. The van der Waals surface area contributed by atoms with Crippen molar-refractivity contribution in [3.05, 3.63) is 95.4 Å². The Morgan fingerprint density at radius 3 is 2.54 bits per heavy atom. The average Bonchev–Trinajstić information content (AvgIpc) is 3.39. The van der Waals surface area contributed by atoms with Gasteiger partial charge in [-0.05, 0) is 56.5 Å². The van der Waals surface area contributed by atoms with Crippen molar-refractivity contribution in [2.45, 2.75) is 57.4 Å². The summed E-state index contributed by atoms with van der Waals surface area (Å²) in [6, 6.07) is 7.17. The van der Waals surface area contributed by atoms with Crippen LogP contribution < -0.4 is 5.32 Å². The molecule has 1 amide bonds. The molecular formula is C31H40Cl2N4O3S. The molecule has 1 N–H and O–H groups in total. The van der Waals surface area contributed by atoms with E-state index in [0.29, 0.717) is 21.6 Å². The third-order valence-corrected chi connectivity index (χ3v) is 7.45. The first-order valence-corrected chi connectivity index (χ1v) is 15.0. The predicted octanol–water partition coefficient (Wildman–Crippen LogP) is 7.61. The van der Waals surface area contributed by atoms with Crippen molar-refractivity contribution in [3.63, 3.8) is 0 Å². The number of aromatic nitrogens is 3. The van der Waals surface area contributed by atoms with Crippen LogP contribution in [-0.2, 0) is 16.0 Å². The molecule has 0 aliphatic rings. The van der Waals surface area contributed by atoms with Crippen molar-refractivity contribution >= 4 is 46.8 Å². The number of carbonyl (C=O) groups excluding carboxylic acids is 2. The molecule has 0 aliphatic heterocycles. The Hall–Kier alpha value is -3.07. The first-order valence-electron chi connectivity index (χ1n) is 13.3. The van der Waals surface area contributed by atoms with E-state index in [1.807, 2.05) is 35.8 Å². The van der Waals surface area contributed by atoms with Gasteiger partial charge >= 0.3 is 5.97 Å². The topological polar surface area (TPSA) is 86.1 Å². The van der Waals surface area contributed by atoms with Crippen LogP contribution in [-0.4, -0.2) is 51.4 Å². The Morgan fingerprint density at radius 1 is 1.24 bits per heavy atom. The number of benzene rings is 1. The Kier molecular flexibility index (Phi) is 17.5. The van der Waals surface area contributed by atoms with Gasteiger partial charge in [-0.3, -0.25) is 14.2 Å². The molecule has 0 spiro atoms. The molecular weight excluding hydrogens is 579 g/mol. The third-order valence-electron chi connectivity index (χ3n) is 5.50. The van der Waals surface area contributed by atoms with E-state index < -0.39 is 5.97 Å². The predicted molar refractivity (Wildman–Crippen MR) is 172 cm³/mol. The summed E-state index contributed by atoms with van der Waals surface area (Å²) in [5, 5.41) is 12.8. The molecule has 2 rings (SSSR count). The van der Waals surface area contributed by atoms with Gasteiger partial charge in [0, 0.05) is 22.9 Å². The molecule has 41 heavy (non-hydrogen) atoms. The molecule has 0 radical (unpaired) electrons. The number of ether oxygens (including phenoxy) is 1. The molecule has 1 heterocycles. The van der Waals surface area contributed by atoms with Crippen LogP contribution in [0.25, 0.3) is 5.69 Å². The molecule has 1 aromatic heterocycles. The number of allylic oxidation sites excluding steroid dienone is 6. The van der Waals surface area contributed by atoms with Crippen molar-refractivity contribution in [1.29, 1.82) is 0 Å². The van der Waals surface area contributed by atoms with E-state index in [1.54, 1.807) is 36.0 Å². The number of nitrogens with one attached hydrogen (secondary N) is 1. The summed E-state index contributed by atoms with van der Waals surface area (Å²) < 4.78 is 6.58. The highest BCUT2D eigenvalue weighted by atomic mass is 35.5. The first-order chi connectivity index (χ1) is 19.7. The molecule has 0 saturated carbocycles. The number of halogens is 2. The lowest BCUT2D eigenvalue weighted by atomic mass is 10.1. The zero-order chi connectivity index (χ0) is 30.8. The Bertz CT molecular complexity index is 1270. The highest BCUT2D eigenvalue weighted by molar-refractivity contribution is 8.00. The summed E-state index contributed by atoms with van der Waals surface area (Å²) in [5.41, 5.74) is 3.21. The van der Waals surface area contributed by atoms with Gasteiger partial charge in [0.05, 0.1) is 18.0 Å². The average molecular weight is 620 g/mol. The van der Waals surface area contributed by atoms with Gasteiger partial charge < -0.3 is 10.1 Å².